The number of benzene rings is 1. The Labute approximate surface area is 138 Å². The smallest absolute Gasteiger partial charge is 0.171 e. The van der Waals surface area contributed by atoms with E-state index in [1.807, 2.05) is 43.0 Å². The maximum absolute atomic E-state index is 12.7. The average molecular weight is 319 g/mol. The Balaban J connectivity index is 2.20. The van der Waals surface area contributed by atoms with Crippen LogP contribution in [0.3, 0.4) is 0 Å². The Morgan fingerprint density at radius 1 is 1.36 bits per heavy atom. The van der Waals surface area contributed by atoms with Gasteiger partial charge in [-0.15, -0.1) is 0 Å². The molecule has 1 aliphatic rings. The summed E-state index contributed by atoms with van der Waals surface area (Å²) in [5, 5.41) is 0.332. The number of rotatable bonds is 4. The van der Waals surface area contributed by atoms with Gasteiger partial charge in [-0.3, -0.25) is 4.79 Å². The van der Waals surface area contributed by atoms with Crippen LogP contribution in [0.5, 0.6) is 0 Å². The van der Waals surface area contributed by atoms with Crippen molar-refractivity contribution >= 4 is 28.8 Å². The van der Waals surface area contributed by atoms with Gasteiger partial charge in [-0.2, -0.15) is 0 Å². The summed E-state index contributed by atoms with van der Waals surface area (Å²) in [7, 11) is 2.10. The standard InChI is InChI=1S/C17H25N3OS/c1-12(2)20(17(18)22)15-6-4-5-14(11-15)16(21)13-7-9-19(3)10-8-13/h4-6,11-13H,7-10H2,1-3H3,(H2,18,22). The Bertz CT molecular complexity index is 551. The second-order valence-corrected chi connectivity index (χ2v) is 6.71. The van der Waals surface area contributed by atoms with E-state index in [4.69, 9.17) is 18.0 Å². The van der Waals surface area contributed by atoms with Gasteiger partial charge in [-0.1, -0.05) is 12.1 Å². The highest BCUT2D eigenvalue weighted by molar-refractivity contribution is 7.80. The third-order valence-electron chi connectivity index (χ3n) is 4.25. The molecule has 1 saturated heterocycles. The van der Waals surface area contributed by atoms with Crippen LogP contribution in [0, 0.1) is 5.92 Å². The van der Waals surface area contributed by atoms with Crippen molar-refractivity contribution in [2.24, 2.45) is 11.7 Å². The van der Waals surface area contributed by atoms with Crippen molar-refractivity contribution in [3.05, 3.63) is 29.8 Å². The van der Waals surface area contributed by atoms with Crippen LogP contribution >= 0.6 is 12.2 Å². The van der Waals surface area contributed by atoms with E-state index >= 15 is 0 Å². The summed E-state index contributed by atoms with van der Waals surface area (Å²) in [6, 6.07) is 7.82. The first kappa shape index (κ1) is 16.9. The molecule has 0 spiro atoms. The molecule has 1 aliphatic heterocycles. The van der Waals surface area contributed by atoms with Gasteiger partial charge in [0.15, 0.2) is 10.9 Å². The number of piperidine rings is 1. The van der Waals surface area contributed by atoms with Crippen LogP contribution in [0.25, 0.3) is 0 Å². The van der Waals surface area contributed by atoms with Crippen molar-refractivity contribution in [2.45, 2.75) is 32.7 Å². The molecule has 5 heteroatoms. The molecule has 0 aromatic heterocycles. The number of carbonyl (C=O) groups excluding carboxylic acids is 1. The van der Waals surface area contributed by atoms with E-state index in [0.29, 0.717) is 5.11 Å². The molecule has 0 unspecified atom stereocenters. The van der Waals surface area contributed by atoms with Gasteiger partial charge in [-0.25, -0.2) is 0 Å². The minimum atomic E-state index is 0.128. The Morgan fingerprint density at radius 2 is 2.00 bits per heavy atom. The summed E-state index contributed by atoms with van der Waals surface area (Å²) in [6.45, 7) is 6.04. The number of hydrogen-bond donors (Lipinski definition) is 1. The van der Waals surface area contributed by atoms with Gasteiger partial charge < -0.3 is 15.5 Å². The molecule has 0 radical (unpaired) electrons. The lowest BCUT2D eigenvalue weighted by atomic mass is 9.89. The lowest BCUT2D eigenvalue weighted by Gasteiger charge is -2.29. The fourth-order valence-electron chi connectivity index (χ4n) is 3.00. The van der Waals surface area contributed by atoms with E-state index in [1.165, 1.54) is 0 Å². The van der Waals surface area contributed by atoms with Crippen LogP contribution in [0.15, 0.2) is 24.3 Å². The van der Waals surface area contributed by atoms with Crippen molar-refractivity contribution in [3.63, 3.8) is 0 Å². The van der Waals surface area contributed by atoms with Crippen LogP contribution < -0.4 is 10.6 Å². The molecular formula is C17H25N3OS. The second-order valence-electron chi connectivity index (χ2n) is 6.29. The molecular weight excluding hydrogens is 294 g/mol. The number of Topliss-reactive ketones (excluding diaryl/α,β-unsaturated/α-hetero) is 1. The minimum Gasteiger partial charge on any atom is -0.376 e. The zero-order valence-corrected chi connectivity index (χ0v) is 14.4. The Morgan fingerprint density at radius 3 is 2.55 bits per heavy atom. The van der Waals surface area contributed by atoms with Gasteiger partial charge in [0.1, 0.15) is 0 Å². The fourth-order valence-corrected chi connectivity index (χ4v) is 3.31. The van der Waals surface area contributed by atoms with Gasteiger partial charge in [-0.05, 0) is 71.2 Å². The third kappa shape index (κ3) is 3.84. The van der Waals surface area contributed by atoms with E-state index < -0.39 is 0 Å². The highest BCUT2D eigenvalue weighted by atomic mass is 32.1. The fraction of sp³-hybridized carbons (Fsp3) is 0.529. The number of nitrogens with two attached hydrogens (primary N) is 1. The summed E-state index contributed by atoms with van der Waals surface area (Å²) < 4.78 is 0. The number of hydrogen-bond acceptors (Lipinski definition) is 3. The molecule has 0 atom stereocenters. The van der Waals surface area contributed by atoms with Crippen LogP contribution in [0.4, 0.5) is 5.69 Å². The van der Waals surface area contributed by atoms with E-state index in [0.717, 1.165) is 37.2 Å². The molecule has 1 heterocycles. The number of nitrogens with zero attached hydrogens (tertiary/aromatic N) is 2. The SMILES string of the molecule is CC(C)N(C(N)=S)c1cccc(C(=O)C2CCN(C)CC2)c1. The Hall–Kier alpha value is -1.46. The van der Waals surface area contributed by atoms with E-state index in [9.17, 15) is 4.79 Å². The van der Waals surface area contributed by atoms with Crippen LogP contribution in [-0.4, -0.2) is 42.0 Å². The third-order valence-corrected chi connectivity index (χ3v) is 4.45. The normalized spacial score (nSPS) is 16.7. The number of carbonyl (C=O) groups is 1. The molecule has 1 fully saturated rings. The molecule has 0 amide bonds. The minimum absolute atomic E-state index is 0.128. The molecule has 0 saturated carbocycles. The molecule has 2 rings (SSSR count). The largest absolute Gasteiger partial charge is 0.376 e. The van der Waals surface area contributed by atoms with Crippen molar-refractivity contribution < 1.29 is 4.79 Å². The summed E-state index contributed by atoms with van der Waals surface area (Å²) in [5.74, 6) is 0.366. The van der Waals surface area contributed by atoms with E-state index in [-0.39, 0.29) is 17.7 Å². The van der Waals surface area contributed by atoms with E-state index in [2.05, 4.69) is 11.9 Å². The van der Waals surface area contributed by atoms with Crippen LogP contribution in [-0.2, 0) is 0 Å². The summed E-state index contributed by atoms with van der Waals surface area (Å²) in [4.78, 5) is 16.9. The van der Waals surface area contributed by atoms with Gasteiger partial charge in [0.05, 0.1) is 0 Å². The van der Waals surface area contributed by atoms with Gasteiger partial charge in [0.25, 0.3) is 0 Å². The zero-order valence-electron chi connectivity index (χ0n) is 13.6. The Kier molecular flexibility index (Phi) is 5.53. The molecule has 120 valence electrons. The second kappa shape index (κ2) is 7.20. The highest BCUT2D eigenvalue weighted by Gasteiger charge is 2.25. The van der Waals surface area contributed by atoms with Crippen LogP contribution in [0.1, 0.15) is 37.0 Å². The maximum Gasteiger partial charge on any atom is 0.171 e. The van der Waals surface area contributed by atoms with Gasteiger partial charge in [0.2, 0.25) is 0 Å². The quantitative estimate of drug-likeness (QED) is 0.683. The van der Waals surface area contributed by atoms with Gasteiger partial charge >= 0.3 is 0 Å². The number of anilines is 1. The highest BCUT2D eigenvalue weighted by Crippen LogP contribution is 2.24. The summed E-state index contributed by atoms with van der Waals surface area (Å²) in [6.07, 6.45) is 1.87. The van der Waals surface area contributed by atoms with Crippen molar-refractivity contribution in [2.75, 3.05) is 25.0 Å². The molecule has 4 nitrogen and oxygen atoms in total. The average Bonchev–Trinajstić information content (AvgIpc) is 2.47. The van der Waals surface area contributed by atoms with E-state index in [1.54, 1.807) is 0 Å². The number of likely N-dealkylation sites (tertiary alicyclic amines) is 1. The molecule has 0 bridgehead atoms. The monoisotopic (exact) mass is 319 g/mol. The number of ketones is 1. The maximum atomic E-state index is 12.7. The molecule has 0 aliphatic carbocycles. The molecule has 1 aromatic rings. The van der Waals surface area contributed by atoms with Crippen molar-refractivity contribution in [3.8, 4) is 0 Å². The predicted octanol–water partition coefficient (Wildman–Crippen LogP) is 2.67. The zero-order chi connectivity index (χ0) is 16.3. The summed E-state index contributed by atoms with van der Waals surface area (Å²) >= 11 is 5.14. The lowest BCUT2D eigenvalue weighted by molar-refractivity contribution is 0.0857. The van der Waals surface area contributed by atoms with Crippen LogP contribution in [0.2, 0.25) is 0 Å². The van der Waals surface area contributed by atoms with Gasteiger partial charge in [0, 0.05) is 23.2 Å². The first-order valence-corrected chi connectivity index (χ1v) is 8.22. The summed E-state index contributed by atoms with van der Waals surface area (Å²) in [5.41, 5.74) is 7.47. The number of thiocarbonyl (C=S) groups is 1. The predicted molar refractivity (Wildman–Crippen MR) is 95.4 cm³/mol. The topological polar surface area (TPSA) is 49.6 Å². The lowest BCUT2D eigenvalue weighted by Crippen LogP contribution is -2.40. The molecule has 2 N–H and O–H groups in total. The first-order chi connectivity index (χ1) is 10.4. The molecule has 22 heavy (non-hydrogen) atoms. The van der Waals surface area contributed by atoms with Crippen molar-refractivity contribution in [1.82, 2.24) is 4.90 Å². The first-order valence-electron chi connectivity index (χ1n) is 7.81. The molecule has 1 aromatic carbocycles. The van der Waals surface area contributed by atoms with Crippen molar-refractivity contribution in [1.29, 1.82) is 0 Å².